The first-order valence-electron chi connectivity index (χ1n) is 8.84. The monoisotopic (exact) mass is 390 g/mol. The van der Waals surface area contributed by atoms with Crippen LogP contribution in [0, 0.1) is 0 Å². The van der Waals surface area contributed by atoms with Crippen molar-refractivity contribution < 1.29 is 22.4 Å². The zero-order valence-electron chi connectivity index (χ0n) is 14.7. The smallest absolute Gasteiger partial charge is 0.451 e. The number of nitrogens with zero attached hydrogens (tertiary/aromatic N) is 3. The highest BCUT2D eigenvalue weighted by Gasteiger charge is 2.38. The van der Waals surface area contributed by atoms with Gasteiger partial charge in [0.05, 0.1) is 18.3 Å². The van der Waals surface area contributed by atoms with Crippen LogP contribution in [0.4, 0.5) is 19.0 Å². The Morgan fingerprint density at radius 1 is 1.21 bits per heavy atom. The van der Waals surface area contributed by atoms with Crippen LogP contribution < -0.4 is 10.2 Å². The minimum Gasteiger partial charge on any atom is -0.467 e. The summed E-state index contributed by atoms with van der Waals surface area (Å²) >= 11 is 0. The van der Waals surface area contributed by atoms with Gasteiger partial charge < -0.3 is 14.6 Å². The van der Waals surface area contributed by atoms with Crippen LogP contribution >= 0.6 is 0 Å². The van der Waals surface area contributed by atoms with Crippen LogP contribution in [-0.2, 0) is 17.5 Å². The number of nitrogens with one attached hydrogen (secondary N) is 1. The van der Waals surface area contributed by atoms with Crippen LogP contribution in [0.1, 0.15) is 24.4 Å². The minimum atomic E-state index is -4.67. The van der Waals surface area contributed by atoms with Gasteiger partial charge in [0, 0.05) is 11.9 Å². The average molecular weight is 390 g/mol. The Morgan fingerprint density at radius 2 is 2.04 bits per heavy atom. The summed E-state index contributed by atoms with van der Waals surface area (Å²) in [5.74, 6) is -0.744. The fourth-order valence-electron chi connectivity index (χ4n) is 3.40. The summed E-state index contributed by atoms with van der Waals surface area (Å²) in [6, 6.07) is 9.37. The average Bonchev–Trinajstić information content (AvgIpc) is 3.36. The Hall–Kier alpha value is -3.10. The molecule has 1 atom stereocenters. The number of para-hydroxylation sites is 1. The summed E-state index contributed by atoms with van der Waals surface area (Å²) in [6.45, 7) is 0.658. The second kappa shape index (κ2) is 7.14. The predicted molar refractivity (Wildman–Crippen MR) is 95.5 cm³/mol. The van der Waals surface area contributed by atoms with Crippen LogP contribution in [0.15, 0.2) is 47.1 Å². The molecule has 28 heavy (non-hydrogen) atoms. The first kappa shape index (κ1) is 18.3. The van der Waals surface area contributed by atoms with Gasteiger partial charge in [0.1, 0.15) is 17.6 Å². The quantitative estimate of drug-likeness (QED) is 0.738. The molecular weight excluding hydrogens is 373 g/mol. The molecule has 1 aliphatic rings. The number of amides is 1. The van der Waals surface area contributed by atoms with E-state index in [1.54, 1.807) is 35.2 Å². The number of carbonyl (C=O) groups is 1. The molecule has 1 amide bonds. The molecule has 1 saturated heterocycles. The van der Waals surface area contributed by atoms with Crippen LogP contribution in [0.25, 0.3) is 10.9 Å². The number of halogens is 3. The second-order valence-corrected chi connectivity index (χ2v) is 6.53. The highest BCUT2D eigenvalue weighted by Crippen LogP contribution is 2.34. The number of fused-ring (bicyclic) bond motifs is 1. The van der Waals surface area contributed by atoms with Gasteiger partial charge in [0.2, 0.25) is 11.7 Å². The summed E-state index contributed by atoms with van der Waals surface area (Å²) in [7, 11) is 0. The van der Waals surface area contributed by atoms with Crippen molar-refractivity contribution in [1.29, 1.82) is 0 Å². The minimum absolute atomic E-state index is 0.133. The Labute approximate surface area is 158 Å². The normalized spacial score (nSPS) is 17.2. The fraction of sp³-hybridized carbons (Fsp3) is 0.316. The van der Waals surface area contributed by atoms with Gasteiger partial charge in [0.15, 0.2) is 0 Å². The van der Waals surface area contributed by atoms with Crippen molar-refractivity contribution in [2.45, 2.75) is 31.6 Å². The Balaban J connectivity index is 1.66. The summed E-state index contributed by atoms with van der Waals surface area (Å²) in [5.41, 5.74) is 0.196. The van der Waals surface area contributed by atoms with E-state index in [1.165, 1.54) is 12.3 Å². The van der Waals surface area contributed by atoms with Crippen molar-refractivity contribution in [2.24, 2.45) is 0 Å². The zero-order chi connectivity index (χ0) is 19.7. The lowest BCUT2D eigenvalue weighted by Crippen LogP contribution is -2.43. The lowest BCUT2D eigenvalue weighted by Gasteiger charge is -2.26. The molecule has 0 bridgehead atoms. The summed E-state index contributed by atoms with van der Waals surface area (Å²) < 4.78 is 45.0. The number of aromatic nitrogens is 2. The van der Waals surface area contributed by atoms with Crippen molar-refractivity contribution in [3.8, 4) is 0 Å². The van der Waals surface area contributed by atoms with Gasteiger partial charge in [-0.25, -0.2) is 9.97 Å². The molecule has 1 aliphatic heterocycles. The second-order valence-electron chi connectivity index (χ2n) is 6.53. The number of furan rings is 1. The SMILES string of the molecule is O=C(NCc1ccco1)C1CCCN1c1nc(C(F)(F)F)nc2ccccc12. The summed E-state index contributed by atoms with van der Waals surface area (Å²) in [5, 5.41) is 3.27. The number of hydrogen-bond donors (Lipinski definition) is 1. The molecule has 1 fully saturated rings. The summed E-state index contributed by atoms with van der Waals surface area (Å²) in [4.78, 5) is 21.7. The fourth-order valence-corrected chi connectivity index (χ4v) is 3.40. The number of rotatable bonds is 4. The van der Waals surface area contributed by atoms with Gasteiger partial charge in [-0.1, -0.05) is 12.1 Å². The standard InChI is InChI=1S/C19H17F3N4O2/c20-19(21,22)18-24-14-7-2-1-6-13(14)16(25-18)26-9-3-8-15(26)17(27)23-11-12-5-4-10-28-12/h1-2,4-7,10,15H,3,8-9,11H2,(H,23,27). The van der Waals surface area contributed by atoms with E-state index >= 15 is 0 Å². The molecule has 9 heteroatoms. The van der Waals surface area contributed by atoms with E-state index in [0.717, 1.165) is 0 Å². The number of hydrogen-bond acceptors (Lipinski definition) is 5. The maximum absolute atomic E-state index is 13.3. The van der Waals surface area contributed by atoms with Crippen molar-refractivity contribution >= 4 is 22.6 Å². The Kier molecular flexibility index (Phi) is 4.66. The van der Waals surface area contributed by atoms with Gasteiger partial charge >= 0.3 is 6.18 Å². The molecule has 3 heterocycles. The highest BCUT2D eigenvalue weighted by molar-refractivity contribution is 5.93. The van der Waals surface area contributed by atoms with E-state index in [0.29, 0.717) is 30.5 Å². The van der Waals surface area contributed by atoms with Gasteiger partial charge in [-0.2, -0.15) is 13.2 Å². The molecule has 1 N–H and O–H groups in total. The van der Waals surface area contributed by atoms with Crippen molar-refractivity contribution in [3.63, 3.8) is 0 Å². The van der Waals surface area contributed by atoms with Crippen LogP contribution in [0.3, 0.4) is 0 Å². The van der Waals surface area contributed by atoms with Crippen molar-refractivity contribution in [1.82, 2.24) is 15.3 Å². The third kappa shape index (κ3) is 3.51. The van der Waals surface area contributed by atoms with E-state index in [1.807, 2.05) is 0 Å². The van der Waals surface area contributed by atoms with Crippen molar-refractivity contribution in [2.75, 3.05) is 11.4 Å². The largest absolute Gasteiger partial charge is 0.467 e. The van der Waals surface area contributed by atoms with Crippen molar-refractivity contribution in [3.05, 3.63) is 54.2 Å². The third-order valence-electron chi connectivity index (χ3n) is 4.68. The zero-order valence-corrected chi connectivity index (χ0v) is 14.7. The highest BCUT2D eigenvalue weighted by atomic mass is 19.4. The van der Waals surface area contributed by atoms with E-state index in [-0.39, 0.29) is 23.8 Å². The molecule has 1 unspecified atom stereocenters. The topological polar surface area (TPSA) is 71.3 Å². The Bertz CT molecular complexity index is 989. The van der Waals surface area contributed by atoms with Gasteiger partial charge in [-0.05, 0) is 37.1 Å². The van der Waals surface area contributed by atoms with E-state index < -0.39 is 18.0 Å². The molecule has 3 aromatic rings. The third-order valence-corrected chi connectivity index (χ3v) is 4.68. The first-order valence-corrected chi connectivity index (χ1v) is 8.84. The number of carbonyl (C=O) groups excluding carboxylic acids is 1. The molecule has 1 aromatic carbocycles. The van der Waals surface area contributed by atoms with E-state index in [4.69, 9.17) is 4.42 Å². The lowest BCUT2D eigenvalue weighted by molar-refractivity contribution is -0.144. The Morgan fingerprint density at radius 3 is 2.79 bits per heavy atom. The van der Waals surface area contributed by atoms with Crippen LogP contribution in [-0.4, -0.2) is 28.5 Å². The van der Waals surface area contributed by atoms with E-state index in [9.17, 15) is 18.0 Å². The molecule has 0 saturated carbocycles. The molecule has 0 spiro atoms. The van der Waals surface area contributed by atoms with Crippen LogP contribution in [0.5, 0.6) is 0 Å². The molecule has 0 radical (unpaired) electrons. The maximum Gasteiger partial charge on any atom is 0.451 e. The van der Waals surface area contributed by atoms with Gasteiger partial charge in [0.25, 0.3) is 0 Å². The van der Waals surface area contributed by atoms with Gasteiger partial charge in [-0.15, -0.1) is 0 Å². The molecule has 4 rings (SSSR count). The predicted octanol–water partition coefficient (Wildman–Crippen LogP) is 3.53. The molecule has 146 valence electrons. The number of benzene rings is 1. The number of alkyl halides is 3. The maximum atomic E-state index is 13.3. The number of anilines is 1. The summed E-state index contributed by atoms with van der Waals surface area (Å²) in [6.07, 6.45) is -1.95. The van der Waals surface area contributed by atoms with Crippen LogP contribution in [0.2, 0.25) is 0 Å². The lowest BCUT2D eigenvalue weighted by atomic mass is 10.1. The molecule has 6 nitrogen and oxygen atoms in total. The van der Waals surface area contributed by atoms with Gasteiger partial charge in [-0.3, -0.25) is 4.79 Å². The molecule has 2 aromatic heterocycles. The van der Waals surface area contributed by atoms with E-state index in [2.05, 4.69) is 15.3 Å². The molecule has 0 aliphatic carbocycles. The molecular formula is C19H17F3N4O2. The first-order chi connectivity index (χ1) is 13.4.